The van der Waals surface area contributed by atoms with E-state index in [1.807, 2.05) is 0 Å². The zero-order valence-electron chi connectivity index (χ0n) is 13.1. The van der Waals surface area contributed by atoms with E-state index in [0.717, 1.165) is 12.1 Å². The number of amides is 1. The molecule has 25 heavy (non-hydrogen) atoms. The van der Waals surface area contributed by atoms with Crippen LogP contribution in [0.4, 0.5) is 18.9 Å². The van der Waals surface area contributed by atoms with Gasteiger partial charge in [-0.3, -0.25) is 4.79 Å². The predicted molar refractivity (Wildman–Crippen MR) is 83.1 cm³/mol. The molecule has 1 N–H and O–H groups in total. The van der Waals surface area contributed by atoms with Crippen molar-refractivity contribution in [3.05, 3.63) is 59.4 Å². The lowest BCUT2D eigenvalue weighted by molar-refractivity contribution is -0.119. The second-order valence-electron chi connectivity index (χ2n) is 4.99. The van der Waals surface area contributed by atoms with Crippen molar-refractivity contribution in [1.29, 1.82) is 0 Å². The molecule has 2 rings (SSSR count). The summed E-state index contributed by atoms with van der Waals surface area (Å²) < 4.78 is 46.5. The SMILES string of the molecule is Cc1ccc(F)cc1NC(=O)COC(=O)c1cccc(OC(F)F)c1. The lowest BCUT2D eigenvalue weighted by Gasteiger charge is -2.10. The average Bonchev–Trinajstić information content (AvgIpc) is 2.55. The van der Waals surface area contributed by atoms with Crippen LogP contribution in [0, 0.1) is 12.7 Å². The maximum absolute atomic E-state index is 13.2. The van der Waals surface area contributed by atoms with E-state index in [9.17, 15) is 22.8 Å². The Balaban J connectivity index is 1.93. The monoisotopic (exact) mass is 353 g/mol. The minimum atomic E-state index is -3.02. The highest BCUT2D eigenvalue weighted by Crippen LogP contribution is 2.17. The number of anilines is 1. The van der Waals surface area contributed by atoms with Crippen LogP contribution in [0.25, 0.3) is 0 Å². The Morgan fingerprint density at radius 3 is 2.64 bits per heavy atom. The van der Waals surface area contributed by atoms with Crippen LogP contribution in [0.15, 0.2) is 42.5 Å². The molecule has 0 radical (unpaired) electrons. The molecular formula is C17H14F3NO4. The minimum absolute atomic E-state index is 0.0483. The standard InChI is InChI=1S/C17H14F3NO4/c1-10-5-6-12(18)8-14(10)21-15(22)9-24-16(23)11-3-2-4-13(7-11)25-17(19)20/h2-8,17H,9H2,1H3,(H,21,22). The summed E-state index contributed by atoms with van der Waals surface area (Å²) >= 11 is 0. The third kappa shape index (κ3) is 5.52. The molecule has 0 aliphatic rings. The van der Waals surface area contributed by atoms with Gasteiger partial charge in [0.2, 0.25) is 0 Å². The van der Waals surface area contributed by atoms with E-state index in [1.165, 1.54) is 30.3 Å². The van der Waals surface area contributed by atoms with E-state index in [4.69, 9.17) is 4.74 Å². The van der Waals surface area contributed by atoms with Gasteiger partial charge in [-0.2, -0.15) is 8.78 Å². The number of halogens is 3. The number of nitrogens with one attached hydrogen (secondary N) is 1. The van der Waals surface area contributed by atoms with Crippen LogP contribution >= 0.6 is 0 Å². The second kappa shape index (κ2) is 8.18. The molecule has 5 nitrogen and oxygen atoms in total. The maximum Gasteiger partial charge on any atom is 0.387 e. The van der Waals surface area contributed by atoms with Crippen molar-refractivity contribution in [3.8, 4) is 5.75 Å². The van der Waals surface area contributed by atoms with Gasteiger partial charge < -0.3 is 14.8 Å². The molecule has 0 aliphatic carbocycles. The number of hydrogen-bond acceptors (Lipinski definition) is 4. The topological polar surface area (TPSA) is 64.6 Å². The first kappa shape index (κ1) is 18.3. The summed E-state index contributed by atoms with van der Waals surface area (Å²) in [6.07, 6.45) is 0. The fourth-order valence-corrected chi connectivity index (χ4v) is 1.93. The van der Waals surface area contributed by atoms with Gasteiger partial charge in [0, 0.05) is 5.69 Å². The van der Waals surface area contributed by atoms with Crippen LogP contribution in [0.2, 0.25) is 0 Å². The number of alkyl halides is 2. The van der Waals surface area contributed by atoms with Crippen molar-refractivity contribution < 1.29 is 32.2 Å². The third-order valence-electron chi connectivity index (χ3n) is 3.10. The Kier molecular flexibility index (Phi) is 5.99. The number of esters is 1. The molecule has 132 valence electrons. The Morgan fingerprint density at radius 1 is 1.16 bits per heavy atom. The Labute approximate surface area is 141 Å². The van der Waals surface area contributed by atoms with Gasteiger partial charge in [-0.25, -0.2) is 9.18 Å². The van der Waals surface area contributed by atoms with Crippen molar-refractivity contribution in [2.75, 3.05) is 11.9 Å². The molecule has 8 heteroatoms. The van der Waals surface area contributed by atoms with Gasteiger partial charge in [-0.15, -0.1) is 0 Å². The Morgan fingerprint density at radius 2 is 1.92 bits per heavy atom. The smallest absolute Gasteiger partial charge is 0.387 e. The van der Waals surface area contributed by atoms with Crippen LogP contribution in [0.3, 0.4) is 0 Å². The summed E-state index contributed by atoms with van der Waals surface area (Å²) in [7, 11) is 0. The van der Waals surface area contributed by atoms with Crippen molar-refractivity contribution in [2.45, 2.75) is 13.5 Å². The van der Waals surface area contributed by atoms with Crippen LogP contribution in [0.1, 0.15) is 15.9 Å². The maximum atomic E-state index is 13.2. The van der Waals surface area contributed by atoms with Gasteiger partial charge in [0.1, 0.15) is 11.6 Å². The van der Waals surface area contributed by atoms with Crippen LogP contribution in [-0.2, 0) is 9.53 Å². The van der Waals surface area contributed by atoms with Gasteiger partial charge in [-0.05, 0) is 42.8 Å². The molecule has 0 bridgehead atoms. The van der Waals surface area contributed by atoms with Crippen molar-refractivity contribution in [3.63, 3.8) is 0 Å². The lowest BCUT2D eigenvalue weighted by Crippen LogP contribution is -2.21. The molecule has 2 aromatic carbocycles. The van der Waals surface area contributed by atoms with E-state index >= 15 is 0 Å². The Bertz CT molecular complexity index is 780. The van der Waals surface area contributed by atoms with Gasteiger partial charge in [0.15, 0.2) is 6.61 Å². The highest BCUT2D eigenvalue weighted by Gasteiger charge is 2.13. The fourth-order valence-electron chi connectivity index (χ4n) is 1.93. The van der Waals surface area contributed by atoms with Gasteiger partial charge in [0.25, 0.3) is 5.91 Å². The van der Waals surface area contributed by atoms with Gasteiger partial charge in [0.05, 0.1) is 5.56 Å². The number of carbonyl (C=O) groups excluding carboxylic acids is 2. The summed E-state index contributed by atoms with van der Waals surface area (Å²) in [5, 5.41) is 2.42. The molecule has 0 aliphatic heterocycles. The summed E-state index contributed by atoms with van der Waals surface area (Å²) in [5.74, 6) is -2.27. The molecule has 0 unspecified atom stereocenters. The number of benzene rings is 2. The molecule has 0 saturated heterocycles. The minimum Gasteiger partial charge on any atom is -0.452 e. The molecule has 0 heterocycles. The molecule has 0 fully saturated rings. The zero-order valence-corrected chi connectivity index (χ0v) is 13.1. The lowest BCUT2D eigenvalue weighted by atomic mass is 10.2. The van der Waals surface area contributed by atoms with E-state index in [0.29, 0.717) is 5.56 Å². The average molecular weight is 353 g/mol. The van der Waals surface area contributed by atoms with Gasteiger partial charge in [-0.1, -0.05) is 12.1 Å². The highest BCUT2D eigenvalue weighted by atomic mass is 19.3. The summed E-state index contributed by atoms with van der Waals surface area (Å²) in [6, 6.07) is 8.87. The molecular weight excluding hydrogens is 339 g/mol. The number of carbonyl (C=O) groups is 2. The van der Waals surface area contributed by atoms with Crippen molar-refractivity contribution >= 4 is 17.6 Å². The number of aryl methyl sites for hydroxylation is 1. The Hall–Kier alpha value is -3.03. The normalized spacial score (nSPS) is 10.4. The first-order valence-electron chi connectivity index (χ1n) is 7.13. The summed E-state index contributed by atoms with van der Waals surface area (Å²) in [4.78, 5) is 23.6. The van der Waals surface area contributed by atoms with Crippen molar-refractivity contribution in [1.82, 2.24) is 0 Å². The first-order valence-corrected chi connectivity index (χ1v) is 7.13. The quantitative estimate of drug-likeness (QED) is 0.807. The number of ether oxygens (including phenoxy) is 2. The van der Waals surface area contributed by atoms with Gasteiger partial charge >= 0.3 is 12.6 Å². The summed E-state index contributed by atoms with van der Waals surface area (Å²) in [6.45, 7) is -1.96. The largest absolute Gasteiger partial charge is 0.452 e. The van der Waals surface area contributed by atoms with E-state index in [-0.39, 0.29) is 17.0 Å². The number of hydrogen-bond donors (Lipinski definition) is 1. The fraction of sp³-hybridized carbons (Fsp3) is 0.176. The van der Waals surface area contributed by atoms with E-state index in [2.05, 4.69) is 10.1 Å². The van der Waals surface area contributed by atoms with Crippen molar-refractivity contribution in [2.24, 2.45) is 0 Å². The second-order valence-corrected chi connectivity index (χ2v) is 4.99. The zero-order chi connectivity index (χ0) is 18.4. The van der Waals surface area contributed by atoms with Crippen LogP contribution in [-0.4, -0.2) is 25.1 Å². The van der Waals surface area contributed by atoms with E-state index < -0.39 is 30.9 Å². The van der Waals surface area contributed by atoms with Crippen LogP contribution < -0.4 is 10.1 Å². The van der Waals surface area contributed by atoms with Crippen LogP contribution in [0.5, 0.6) is 5.75 Å². The highest BCUT2D eigenvalue weighted by molar-refractivity contribution is 5.96. The molecule has 0 spiro atoms. The molecule has 1 amide bonds. The molecule has 0 saturated carbocycles. The summed E-state index contributed by atoms with van der Waals surface area (Å²) in [5.41, 5.74) is 0.846. The molecule has 0 atom stereocenters. The number of rotatable bonds is 6. The predicted octanol–water partition coefficient (Wildman–Crippen LogP) is 3.53. The third-order valence-corrected chi connectivity index (χ3v) is 3.10. The molecule has 2 aromatic rings. The van der Waals surface area contributed by atoms with E-state index in [1.54, 1.807) is 6.92 Å². The first-order chi connectivity index (χ1) is 11.8. The molecule has 0 aromatic heterocycles.